The van der Waals surface area contributed by atoms with Crippen LogP contribution in [0.25, 0.3) is 10.1 Å². The average molecular weight is 275 g/mol. The molecule has 19 heavy (non-hydrogen) atoms. The van der Waals surface area contributed by atoms with Gasteiger partial charge in [-0.2, -0.15) is 0 Å². The van der Waals surface area contributed by atoms with Crippen molar-refractivity contribution in [2.75, 3.05) is 18.8 Å². The number of amides is 1. The fraction of sp³-hybridized carbons (Fsp3) is 0.357. The second kappa shape index (κ2) is 5.19. The number of thiophene rings is 1. The number of rotatable bonds is 2. The number of hydrogen-bond acceptors (Lipinski definition) is 4. The van der Waals surface area contributed by atoms with E-state index in [2.05, 4.69) is 10.6 Å². The van der Waals surface area contributed by atoms with E-state index in [9.17, 15) is 4.79 Å². The summed E-state index contributed by atoms with van der Waals surface area (Å²) in [6.07, 6.45) is 1.97. The van der Waals surface area contributed by atoms with Crippen LogP contribution in [0.15, 0.2) is 24.3 Å². The van der Waals surface area contributed by atoms with Crippen LogP contribution in [0, 0.1) is 0 Å². The highest BCUT2D eigenvalue weighted by molar-refractivity contribution is 7.21. The largest absolute Gasteiger partial charge is 0.397 e. The molecule has 1 aromatic heterocycles. The van der Waals surface area contributed by atoms with Gasteiger partial charge in [0, 0.05) is 16.1 Å². The predicted octanol–water partition coefficient (Wildman–Crippen LogP) is 1.97. The van der Waals surface area contributed by atoms with E-state index in [1.807, 2.05) is 24.3 Å². The molecule has 5 heteroatoms. The van der Waals surface area contributed by atoms with Crippen molar-refractivity contribution in [3.63, 3.8) is 0 Å². The summed E-state index contributed by atoms with van der Waals surface area (Å²) in [5, 5.41) is 7.35. The Hall–Kier alpha value is -1.59. The Bertz CT molecular complexity index is 602. The van der Waals surface area contributed by atoms with Crippen LogP contribution in [-0.2, 0) is 0 Å². The fourth-order valence-corrected chi connectivity index (χ4v) is 3.48. The maximum atomic E-state index is 12.3. The van der Waals surface area contributed by atoms with Crippen LogP contribution in [0.3, 0.4) is 0 Å². The first-order chi connectivity index (χ1) is 9.25. The van der Waals surface area contributed by atoms with Crippen molar-refractivity contribution in [1.82, 2.24) is 10.6 Å². The van der Waals surface area contributed by atoms with E-state index in [0.717, 1.165) is 36.0 Å². The van der Waals surface area contributed by atoms with E-state index in [4.69, 9.17) is 5.73 Å². The van der Waals surface area contributed by atoms with Gasteiger partial charge in [0.2, 0.25) is 0 Å². The zero-order valence-corrected chi connectivity index (χ0v) is 11.4. The first-order valence-corrected chi connectivity index (χ1v) is 7.36. The number of piperidine rings is 1. The zero-order valence-electron chi connectivity index (χ0n) is 10.6. The summed E-state index contributed by atoms with van der Waals surface area (Å²) in [6.45, 7) is 1.93. The Labute approximate surface area is 116 Å². The molecule has 0 bridgehead atoms. The molecule has 1 aromatic carbocycles. The van der Waals surface area contributed by atoms with Crippen LogP contribution in [0.5, 0.6) is 0 Å². The molecule has 2 aromatic rings. The van der Waals surface area contributed by atoms with Crippen molar-refractivity contribution < 1.29 is 4.79 Å². The van der Waals surface area contributed by atoms with E-state index in [0.29, 0.717) is 10.6 Å². The number of carbonyl (C=O) groups excluding carboxylic acids is 1. The van der Waals surface area contributed by atoms with Gasteiger partial charge in [-0.3, -0.25) is 4.79 Å². The Morgan fingerprint density at radius 1 is 1.32 bits per heavy atom. The molecule has 0 saturated carbocycles. The van der Waals surface area contributed by atoms with E-state index < -0.39 is 0 Å². The third-order valence-electron chi connectivity index (χ3n) is 3.51. The van der Waals surface area contributed by atoms with Gasteiger partial charge in [0.15, 0.2) is 0 Å². The lowest BCUT2D eigenvalue weighted by Gasteiger charge is -2.23. The summed E-state index contributed by atoms with van der Waals surface area (Å²) in [7, 11) is 0. The van der Waals surface area contributed by atoms with E-state index in [-0.39, 0.29) is 11.9 Å². The smallest absolute Gasteiger partial charge is 0.263 e. The van der Waals surface area contributed by atoms with Crippen LogP contribution >= 0.6 is 11.3 Å². The van der Waals surface area contributed by atoms with Crippen LogP contribution in [0.4, 0.5) is 5.69 Å². The molecule has 0 radical (unpaired) electrons. The summed E-state index contributed by atoms with van der Waals surface area (Å²) in [6, 6.07) is 8.13. The summed E-state index contributed by atoms with van der Waals surface area (Å²) in [4.78, 5) is 12.9. The highest BCUT2D eigenvalue weighted by atomic mass is 32.1. The highest BCUT2D eigenvalue weighted by Gasteiger charge is 2.20. The molecule has 1 fully saturated rings. The molecular formula is C14H17N3OS. The molecule has 1 amide bonds. The number of carbonyl (C=O) groups is 1. The Balaban J connectivity index is 1.83. The minimum atomic E-state index is -0.0365. The fourth-order valence-electron chi connectivity index (χ4n) is 2.45. The van der Waals surface area contributed by atoms with Crippen molar-refractivity contribution in [1.29, 1.82) is 0 Å². The number of benzene rings is 1. The third kappa shape index (κ3) is 2.43. The first-order valence-electron chi connectivity index (χ1n) is 6.54. The van der Waals surface area contributed by atoms with E-state index >= 15 is 0 Å². The summed E-state index contributed by atoms with van der Waals surface area (Å²) in [5.74, 6) is -0.0365. The third-order valence-corrected chi connectivity index (χ3v) is 4.70. The maximum Gasteiger partial charge on any atom is 0.263 e. The lowest BCUT2D eigenvalue weighted by atomic mass is 10.1. The monoisotopic (exact) mass is 275 g/mol. The normalized spacial score (nSPS) is 16.6. The number of hydrogen-bond donors (Lipinski definition) is 3. The Morgan fingerprint density at radius 2 is 2.05 bits per heavy atom. The molecule has 0 atom stereocenters. The maximum absolute atomic E-state index is 12.3. The van der Waals surface area contributed by atoms with Crippen molar-refractivity contribution in [2.24, 2.45) is 0 Å². The highest BCUT2D eigenvalue weighted by Crippen LogP contribution is 2.33. The average Bonchev–Trinajstić information content (AvgIpc) is 2.78. The van der Waals surface area contributed by atoms with Crippen LogP contribution < -0.4 is 16.4 Å². The molecule has 100 valence electrons. The van der Waals surface area contributed by atoms with Gasteiger partial charge in [0.05, 0.1) is 5.69 Å². The topological polar surface area (TPSA) is 67.2 Å². The number of nitrogens with two attached hydrogens (primary N) is 1. The molecule has 0 spiro atoms. The second-order valence-electron chi connectivity index (χ2n) is 4.84. The number of fused-ring (bicyclic) bond motifs is 1. The van der Waals surface area contributed by atoms with Gasteiger partial charge < -0.3 is 16.4 Å². The Morgan fingerprint density at radius 3 is 2.79 bits per heavy atom. The first kappa shape index (κ1) is 12.4. The lowest BCUT2D eigenvalue weighted by molar-refractivity contribution is 0.0934. The van der Waals surface area contributed by atoms with Crippen molar-refractivity contribution in [3.8, 4) is 0 Å². The molecule has 4 N–H and O–H groups in total. The van der Waals surface area contributed by atoms with Crippen LogP contribution in [-0.4, -0.2) is 25.0 Å². The van der Waals surface area contributed by atoms with Crippen molar-refractivity contribution in [3.05, 3.63) is 29.1 Å². The number of anilines is 1. The quantitative estimate of drug-likeness (QED) is 0.785. The van der Waals surface area contributed by atoms with E-state index in [1.165, 1.54) is 11.3 Å². The minimum absolute atomic E-state index is 0.0365. The summed E-state index contributed by atoms with van der Waals surface area (Å²) < 4.78 is 1.07. The van der Waals surface area contributed by atoms with Crippen LogP contribution in [0.1, 0.15) is 22.5 Å². The molecule has 2 heterocycles. The van der Waals surface area contributed by atoms with Gasteiger partial charge in [0.1, 0.15) is 4.88 Å². The molecule has 3 rings (SSSR count). The molecule has 0 unspecified atom stereocenters. The molecule has 0 aliphatic carbocycles. The van der Waals surface area contributed by atoms with Gasteiger partial charge in [-0.15, -0.1) is 11.3 Å². The molecule has 1 aliphatic heterocycles. The number of nitrogen functional groups attached to an aromatic ring is 1. The Kier molecular flexibility index (Phi) is 3.40. The SMILES string of the molecule is Nc1c(C(=O)NC2CCNCC2)sc2ccccc12. The predicted molar refractivity (Wildman–Crippen MR) is 79.6 cm³/mol. The molecule has 1 aliphatic rings. The van der Waals surface area contributed by atoms with Gasteiger partial charge in [-0.05, 0) is 32.0 Å². The second-order valence-corrected chi connectivity index (χ2v) is 5.89. The molecular weight excluding hydrogens is 258 g/mol. The van der Waals surface area contributed by atoms with Crippen molar-refractivity contribution in [2.45, 2.75) is 18.9 Å². The standard InChI is InChI=1S/C14H17N3OS/c15-12-10-3-1-2-4-11(10)19-13(12)14(18)17-9-5-7-16-8-6-9/h1-4,9,16H,5-8,15H2,(H,17,18). The van der Waals surface area contributed by atoms with Gasteiger partial charge >= 0.3 is 0 Å². The van der Waals surface area contributed by atoms with Gasteiger partial charge in [-0.25, -0.2) is 0 Å². The summed E-state index contributed by atoms with van der Waals surface area (Å²) >= 11 is 1.47. The van der Waals surface area contributed by atoms with Crippen molar-refractivity contribution >= 4 is 33.0 Å². The number of nitrogens with one attached hydrogen (secondary N) is 2. The van der Waals surface area contributed by atoms with Gasteiger partial charge in [-0.1, -0.05) is 18.2 Å². The van der Waals surface area contributed by atoms with E-state index in [1.54, 1.807) is 0 Å². The van der Waals surface area contributed by atoms with Crippen LogP contribution in [0.2, 0.25) is 0 Å². The lowest BCUT2D eigenvalue weighted by Crippen LogP contribution is -2.42. The summed E-state index contributed by atoms with van der Waals surface area (Å²) in [5.41, 5.74) is 6.69. The molecule has 1 saturated heterocycles. The van der Waals surface area contributed by atoms with Gasteiger partial charge in [0.25, 0.3) is 5.91 Å². The minimum Gasteiger partial charge on any atom is -0.397 e. The zero-order chi connectivity index (χ0) is 13.2. The molecule has 4 nitrogen and oxygen atoms in total.